The van der Waals surface area contributed by atoms with Crippen LogP contribution in [0.25, 0.3) is 0 Å². The van der Waals surface area contributed by atoms with E-state index in [0.717, 1.165) is 0 Å². The average molecular weight is 277 g/mol. The second-order valence-corrected chi connectivity index (χ2v) is 4.20. The molecule has 1 heterocycles. The van der Waals surface area contributed by atoms with Gasteiger partial charge in [0.25, 0.3) is 0 Å². The molecule has 0 aliphatic heterocycles. The Hall–Kier alpha value is -2.24. The number of H-pyrrole nitrogens is 1. The third kappa shape index (κ3) is 2.84. The smallest absolute Gasteiger partial charge is 0.321 e. The van der Waals surface area contributed by atoms with Crippen molar-refractivity contribution in [2.45, 2.75) is 26.2 Å². The fourth-order valence-electron chi connectivity index (χ4n) is 1.90. The molecule has 0 aliphatic rings. The topological polar surface area (TPSA) is 67.9 Å². The first kappa shape index (κ1) is 14.2. The molecule has 2 aromatic rings. The molecule has 1 aromatic heterocycles. The molecule has 0 saturated heterocycles. The number of aromatic amines is 1. The molecule has 1 aromatic carbocycles. The molecule has 1 N–H and O–H groups in total. The molecule has 5 nitrogen and oxygen atoms in total. The first-order valence-corrected chi connectivity index (χ1v) is 6.49. The lowest BCUT2D eigenvalue weighted by Gasteiger charge is -2.13. The van der Waals surface area contributed by atoms with Crippen molar-refractivity contribution >= 4 is 5.97 Å². The summed E-state index contributed by atoms with van der Waals surface area (Å²) in [6.07, 6.45) is 0.653. The average Bonchev–Trinajstić information content (AvgIpc) is 2.90. The second-order valence-electron chi connectivity index (χ2n) is 4.20. The van der Waals surface area contributed by atoms with Gasteiger partial charge in [0.05, 0.1) is 6.61 Å². The fourth-order valence-corrected chi connectivity index (χ4v) is 1.90. The monoisotopic (exact) mass is 277 g/mol. The fraction of sp³-hybridized carbons (Fsp3) is 0.357. The van der Waals surface area contributed by atoms with Gasteiger partial charge in [-0.3, -0.25) is 9.89 Å². The van der Waals surface area contributed by atoms with E-state index in [9.17, 15) is 9.18 Å². The number of carbonyl (C=O) groups is 1. The van der Waals surface area contributed by atoms with Crippen molar-refractivity contribution in [1.82, 2.24) is 15.2 Å². The molecule has 6 heteroatoms. The maximum absolute atomic E-state index is 13.9. The summed E-state index contributed by atoms with van der Waals surface area (Å²) >= 11 is 0. The molecule has 1 unspecified atom stereocenters. The molecule has 0 spiro atoms. The Kier molecular flexibility index (Phi) is 4.45. The van der Waals surface area contributed by atoms with Crippen molar-refractivity contribution < 1.29 is 13.9 Å². The molecule has 0 bridgehead atoms. The molecule has 20 heavy (non-hydrogen) atoms. The van der Waals surface area contributed by atoms with Gasteiger partial charge in [-0.1, -0.05) is 25.1 Å². The number of rotatable bonds is 5. The number of benzene rings is 1. The maximum Gasteiger partial charge on any atom is 0.321 e. The number of hydrogen-bond acceptors (Lipinski definition) is 4. The summed E-state index contributed by atoms with van der Waals surface area (Å²) in [5.41, 5.74) is 0.215. The predicted molar refractivity (Wildman–Crippen MR) is 70.6 cm³/mol. The number of nitrogens with one attached hydrogen (secondary N) is 1. The third-order valence-corrected chi connectivity index (χ3v) is 2.88. The van der Waals surface area contributed by atoms with Crippen LogP contribution in [0.1, 0.15) is 37.0 Å². The van der Waals surface area contributed by atoms with Gasteiger partial charge < -0.3 is 4.74 Å². The minimum absolute atomic E-state index is 0.215. The molecule has 0 fully saturated rings. The summed E-state index contributed by atoms with van der Waals surface area (Å²) < 4.78 is 19.0. The van der Waals surface area contributed by atoms with Crippen molar-refractivity contribution in [3.8, 4) is 0 Å². The van der Waals surface area contributed by atoms with Crippen LogP contribution in [0.2, 0.25) is 0 Å². The van der Waals surface area contributed by atoms with Gasteiger partial charge in [0.1, 0.15) is 17.6 Å². The predicted octanol–water partition coefficient (Wildman–Crippen LogP) is 2.20. The number of carbonyl (C=O) groups excluding carboxylic acids is 1. The molecular formula is C14H16FN3O2. The minimum Gasteiger partial charge on any atom is -0.465 e. The number of nitrogens with zero attached hydrogens (tertiary/aromatic N) is 2. The van der Waals surface area contributed by atoms with E-state index in [4.69, 9.17) is 4.74 Å². The van der Waals surface area contributed by atoms with E-state index in [1.54, 1.807) is 25.1 Å². The summed E-state index contributed by atoms with van der Waals surface area (Å²) in [5, 5.41) is 6.74. The summed E-state index contributed by atoms with van der Waals surface area (Å²) in [6.45, 7) is 3.83. The number of aromatic nitrogens is 3. The van der Waals surface area contributed by atoms with E-state index >= 15 is 0 Å². The third-order valence-electron chi connectivity index (χ3n) is 2.88. The molecule has 0 radical (unpaired) electrons. The maximum atomic E-state index is 13.9. The van der Waals surface area contributed by atoms with E-state index in [2.05, 4.69) is 15.2 Å². The number of esters is 1. The highest BCUT2D eigenvalue weighted by atomic mass is 19.1. The Bertz CT molecular complexity index is 598. The lowest BCUT2D eigenvalue weighted by Crippen LogP contribution is -2.19. The number of ether oxygens (including phenoxy) is 1. The molecule has 1 atom stereocenters. The van der Waals surface area contributed by atoms with Crippen LogP contribution in [0.3, 0.4) is 0 Å². The van der Waals surface area contributed by atoms with Gasteiger partial charge in [-0.2, -0.15) is 5.10 Å². The van der Waals surface area contributed by atoms with Gasteiger partial charge in [-0.05, 0) is 13.0 Å². The Morgan fingerprint density at radius 1 is 1.40 bits per heavy atom. The van der Waals surface area contributed by atoms with Crippen molar-refractivity contribution in [3.05, 3.63) is 47.3 Å². The van der Waals surface area contributed by atoms with Crippen LogP contribution < -0.4 is 0 Å². The van der Waals surface area contributed by atoms with Gasteiger partial charge in [0.15, 0.2) is 5.82 Å². The van der Waals surface area contributed by atoms with Crippen LogP contribution in [0.5, 0.6) is 0 Å². The highest BCUT2D eigenvalue weighted by Crippen LogP contribution is 2.25. The van der Waals surface area contributed by atoms with Gasteiger partial charge in [-0.15, -0.1) is 0 Å². The number of halogens is 1. The van der Waals surface area contributed by atoms with Crippen LogP contribution in [0.15, 0.2) is 24.3 Å². The van der Waals surface area contributed by atoms with Gasteiger partial charge in [0.2, 0.25) is 0 Å². The second kappa shape index (κ2) is 6.27. The summed E-state index contributed by atoms with van der Waals surface area (Å²) in [6, 6.07) is 6.07. The van der Waals surface area contributed by atoms with Crippen LogP contribution in [-0.4, -0.2) is 27.8 Å². The van der Waals surface area contributed by atoms with Crippen molar-refractivity contribution in [3.63, 3.8) is 0 Å². The Morgan fingerprint density at radius 2 is 2.15 bits per heavy atom. The Balaban J connectivity index is 2.44. The largest absolute Gasteiger partial charge is 0.465 e. The van der Waals surface area contributed by atoms with Crippen LogP contribution in [-0.2, 0) is 16.0 Å². The quantitative estimate of drug-likeness (QED) is 0.851. The zero-order valence-electron chi connectivity index (χ0n) is 11.4. The van der Waals surface area contributed by atoms with E-state index in [0.29, 0.717) is 12.2 Å². The Morgan fingerprint density at radius 3 is 2.75 bits per heavy atom. The lowest BCUT2D eigenvalue weighted by atomic mass is 9.98. The zero-order chi connectivity index (χ0) is 14.5. The summed E-state index contributed by atoms with van der Waals surface area (Å²) in [7, 11) is 0. The van der Waals surface area contributed by atoms with E-state index in [-0.39, 0.29) is 18.0 Å². The molecular weight excluding hydrogens is 261 g/mol. The SMILES string of the molecule is CCOC(=O)C(c1n[nH]c(CC)n1)c1ccccc1F. The summed E-state index contributed by atoms with van der Waals surface area (Å²) in [5.74, 6) is -1.11. The van der Waals surface area contributed by atoms with Crippen LogP contribution in [0.4, 0.5) is 4.39 Å². The first-order valence-electron chi connectivity index (χ1n) is 6.49. The number of aryl methyl sites for hydroxylation is 1. The molecule has 0 aliphatic carbocycles. The van der Waals surface area contributed by atoms with Gasteiger partial charge >= 0.3 is 5.97 Å². The normalized spacial score (nSPS) is 12.2. The van der Waals surface area contributed by atoms with Gasteiger partial charge in [0, 0.05) is 12.0 Å². The standard InChI is InChI=1S/C14H16FN3O2/c1-3-11-16-13(18-17-11)12(14(19)20-4-2)9-7-5-6-8-10(9)15/h5-8,12H,3-4H2,1-2H3,(H,16,17,18). The molecule has 2 rings (SSSR count). The van der Waals surface area contributed by atoms with Crippen molar-refractivity contribution in [2.24, 2.45) is 0 Å². The van der Waals surface area contributed by atoms with E-state index < -0.39 is 17.7 Å². The van der Waals surface area contributed by atoms with Crippen LogP contribution in [0, 0.1) is 5.82 Å². The van der Waals surface area contributed by atoms with Crippen molar-refractivity contribution in [1.29, 1.82) is 0 Å². The van der Waals surface area contributed by atoms with Crippen molar-refractivity contribution in [2.75, 3.05) is 6.61 Å². The minimum atomic E-state index is -0.951. The lowest BCUT2D eigenvalue weighted by molar-refractivity contribution is -0.144. The van der Waals surface area contributed by atoms with Gasteiger partial charge in [-0.25, -0.2) is 9.37 Å². The zero-order valence-corrected chi connectivity index (χ0v) is 11.4. The molecule has 106 valence electrons. The highest BCUT2D eigenvalue weighted by molar-refractivity contribution is 5.81. The van der Waals surface area contributed by atoms with E-state index in [1.807, 2.05) is 6.92 Å². The molecule has 0 amide bonds. The number of hydrogen-bond donors (Lipinski definition) is 1. The Labute approximate surface area is 116 Å². The molecule has 0 saturated carbocycles. The first-order chi connectivity index (χ1) is 9.67. The highest BCUT2D eigenvalue weighted by Gasteiger charge is 2.30. The van der Waals surface area contributed by atoms with Crippen LogP contribution >= 0.6 is 0 Å². The van der Waals surface area contributed by atoms with E-state index in [1.165, 1.54) is 6.07 Å². The summed E-state index contributed by atoms with van der Waals surface area (Å²) in [4.78, 5) is 16.3.